The van der Waals surface area contributed by atoms with Crippen molar-refractivity contribution in [3.8, 4) is 11.1 Å². The van der Waals surface area contributed by atoms with E-state index in [1.54, 1.807) is 0 Å². The van der Waals surface area contributed by atoms with Crippen molar-refractivity contribution in [3.63, 3.8) is 0 Å². The van der Waals surface area contributed by atoms with Crippen LogP contribution in [0.3, 0.4) is 0 Å². The summed E-state index contributed by atoms with van der Waals surface area (Å²) in [6, 6.07) is 23.4. The molecule has 0 fully saturated rings. The highest BCUT2D eigenvalue weighted by molar-refractivity contribution is 9.10. The number of benzene rings is 3. The van der Waals surface area contributed by atoms with Crippen LogP contribution in [-0.2, 0) is 0 Å². The molecular weight excluding hydrogens is 426 g/mol. The van der Waals surface area contributed by atoms with Crippen LogP contribution in [-0.4, -0.2) is 5.71 Å². The van der Waals surface area contributed by atoms with Gasteiger partial charge in [0.05, 0.1) is 11.8 Å². The van der Waals surface area contributed by atoms with Gasteiger partial charge in [-0.2, -0.15) is 0 Å². The third-order valence-corrected chi connectivity index (χ3v) is 5.35. The van der Waals surface area contributed by atoms with E-state index in [0.717, 1.165) is 14.7 Å². The zero-order valence-corrected chi connectivity index (χ0v) is 16.3. The van der Waals surface area contributed by atoms with E-state index in [4.69, 9.17) is 4.99 Å². The summed E-state index contributed by atoms with van der Waals surface area (Å²) in [7, 11) is 0. The number of fused-ring (bicyclic) bond motifs is 3. The van der Waals surface area contributed by atoms with Gasteiger partial charge in [0.15, 0.2) is 0 Å². The van der Waals surface area contributed by atoms with Crippen LogP contribution in [0.1, 0.15) is 29.7 Å². The van der Waals surface area contributed by atoms with Gasteiger partial charge in [0.25, 0.3) is 0 Å². The van der Waals surface area contributed by atoms with Gasteiger partial charge in [0, 0.05) is 20.1 Å². The molecular formula is C21H15Br2N. The molecule has 4 rings (SSSR count). The van der Waals surface area contributed by atoms with Crippen LogP contribution < -0.4 is 0 Å². The highest BCUT2D eigenvalue weighted by Crippen LogP contribution is 2.40. The predicted molar refractivity (Wildman–Crippen MR) is 108 cm³/mol. The van der Waals surface area contributed by atoms with E-state index in [2.05, 4.69) is 99.4 Å². The molecule has 1 nitrogen and oxygen atoms in total. The third kappa shape index (κ3) is 2.76. The normalized spacial score (nSPS) is 13.4. The maximum Gasteiger partial charge on any atom is 0.0739 e. The highest BCUT2D eigenvalue weighted by Gasteiger charge is 2.25. The first-order valence-electron chi connectivity index (χ1n) is 7.86. The van der Waals surface area contributed by atoms with Gasteiger partial charge >= 0.3 is 0 Å². The van der Waals surface area contributed by atoms with Crippen molar-refractivity contribution < 1.29 is 0 Å². The molecule has 3 aromatic rings. The molecule has 0 aliphatic heterocycles. The average molecular weight is 441 g/mol. The molecule has 0 N–H and O–H groups in total. The molecule has 1 unspecified atom stereocenters. The van der Waals surface area contributed by atoms with Gasteiger partial charge < -0.3 is 0 Å². The molecule has 3 heteroatoms. The Bertz CT molecular complexity index is 892. The summed E-state index contributed by atoms with van der Waals surface area (Å²) >= 11 is 7.20. The van der Waals surface area contributed by atoms with E-state index in [1.807, 2.05) is 6.07 Å². The SMILES string of the molecule is CC(N=C1c2cc(Br)ccc2-c2ccc(Br)cc21)c1ccccc1. The third-order valence-electron chi connectivity index (χ3n) is 4.37. The van der Waals surface area contributed by atoms with E-state index < -0.39 is 0 Å². The quantitative estimate of drug-likeness (QED) is 0.325. The Morgan fingerprint density at radius 2 is 1.25 bits per heavy atom. The molecule has 0 saturated heterocycles. The maximum absolute atomic E-state index is 5.09. The van der Waals surface area contributed by atoms with Crippen LogP contribution in [0, 0.1) is 0 Å². The maximum atomic E-state index is 5.09. The zero-order valence-electron chi connectivity index (χ0n) is 13.1. The Hall–Kier alpha value is -1.71. The number of nitrogens with zero attached hydrogens (tertiary/aromatic N) is 1. The first-order valence-corrected chi connectivity index (χ1v) is 9.45. The summed E-state index contributed by atoms with van der Waals surface area (Å²) < 4.78 is 2.15. The summed E-state index contributed by atoms with van der Waals surface area (Å²) in [6.45, 7) is 2.15. The molecule has 0 heterocycles. The van der Waals surface area contributed by atoms with Crippen LogP contribution >= 0.6 is 31.9 Å². The minimum atomic E-state index is 0.109. The molecule has 0 saturated carbocycles. The number of hydrogen-bond acceptors (Lipinski definition) is 1. The second-order valence-corrected chi connectivity index (χ2v) is 7.78. The van der Waals surface area contributed by atoms with Crippen LogP contribution in [0.4, 0.5) is 0 Å². The van der Waals surface area contributed by atoms with E-state index in [9.17, 15) is 0 Å². The Morgan fingerprint density at radius 1 is 0.708 bits per heavy atom. The smallest absolute Gasteiger partial charge is 0.0739 e. The summed E-state index contributed by atoms with van der Waals surface area (Å²) in [4.78, 5) is 5.09. The van der Waals surface area contributed by atoms with Crippen molar-refractivity contribution in [2.24, 2.45) is 4.99 Å². The van der Waals surface area contributed by atoms with Gasteiger partial charge in [-0.3, -0.25) is 4.99 Å². The van der Waals surface area contributed by atoms with Gasteiger partial charge in [0.2, 0.25) is 0 Å². The minimum Gasteiger partial charge on any atom is -0.276 e. The molecule has 118 valence electrons. The Balaban J connectivity index is 1.90. The summed E-state index contributed by atoms with van der Waals surface area (Å²) in [5.41, 5.74) is 7.18. The fourth-order valence-electron chi connectivity index (χ4n) is 3.18. The van der Waals surface area contributed by atoms with E-state index in [-0.39, 0.29) is 6.04 Å². The van der Waals surface area contributed by atoms with Crippen molar-refractivity contribution in [1.82, 2.24) is 0 Å². The molecule has 0 amide bonds. The molecule has 1 aliphatic rings. The predicted octanol–water partition coefficient (Wildman–Crippen LogP) is 6.79. The molecule has 0 bridgehead atoms. The van der Waals surface area contributed by atoms with Crippen molar-refractivity contribution in [2.45, 2.75) is 13.0 Å². The van der Waals surface area contributed by atoms with Crippen LogP contribution in [0.2, 0.25) is 0 Å². The standard InChI is InChI=1S/C21H15Br2N/c1-13(14-5-3-2-4-6-14)24-21-19-11-15(22)7-9-17(19)18-10-8-16(23)12-20(18)21/h2-13H,1H3. The summed E-state index contributed by atoms with van der Waals surface area (Å²) in [5.74, 6) is 0. The van der Waals surface area contributed by atoms with Crippen molar-refractivity contribution in [2.75, 3.05) is 0 Å². The Kier molecular flexibility index (Phi) is 4.15. The van der Waals surface area contributed by atoms with Gasteiger partial charge in [-0.1, -0.05) is 74.3 Å². The molecule has 1 aliphatic carbocycles. The van der Waals surface area contributed by atoms with E-state index in [0.29, 0.717) is 0 Å². The second kappa shape index (κ2) is 6.30. The molecule has 0 radical (unpaired) electrons. The lowest BCUT2D eigenvalue weighted by molar-refractivity contribution is 0.821. The molecule has 0 spiro atoms. The number of halogens is 2. The monoisotopic (exact) mass is 439 g/mol. The molecule has 24 heavy (non-hydrogen) atoms. The van der Waals surface area contributed by atoms with Crippen molar-refractivity contribution in [1.29, 1.82) is 0 Å². The second-order valence-electron chi connectivity index (χ2n) is 5.94. The van der Waals surface area contributed by atoms with Crippen LogP contribution in [0.25, 0.3) is 11.1 Å². The fraction of sp³-hybridized carbons (Fsp3) is 0.0952. The van der Waals surface area contributed by atoms with Gasteiger partial charge in [-0.25, -0.2) is 0 Å². The Morgan fingerprint density at radius 3 is 1.79 bits per heavy atom. The van der Waals surface area contributed by atoms with Gasteiger partial charge in [0.1, 0.15) is 0 Å². The zero-order chi connectivity index (χ0) is 16.7. The van der Waals surface area contributed by atoms with Gasteiger partial charge in [-0.15, -0.1) is 0 Å². The fourth-order valence-corrected chi connectivity index (χ4v) is 3.90. The molecule has 0 aromatic heterocycles. The van der Waals surface area contributed by atoms with Crippen LogP contribution in [0.5, 0.6) is 0 Å². The molecule has 1 atom stereocenters. The first-order chi connectivity index (χ1) is 11.6. The van der Waals surface area contributed by atoms with Crippen molar-refractivity contribution >= 4 is 37.6 Å². The molecule has 3 aromatic carbocycles. The number of aliphatic imine (C=N–C) groups is 1. The summed E-state index contributed by atoms with van der Waals surface area (Å²) in [6.07, 6.45) is 0. The lowest BCUT2D eigenvalue weighted by Crippen LogP contribution is -2.02. The number of hydrogen-bond donors (Lipinski definition) is 0. The van der Waals surface area contributed by atoms with E-state index >= 15 is 0 Å². The van der Waals surface area contributed by atoms with Crippen molar-refractivity contribution in [3.05, 3.63) is 92.4 Å². The largest absolute Gasteiger partial charge is 0.276 e. The lowest BCUT2D eigenvalue weighted by atomic mass is 10.1. The number of rotatable bonds is 2. The minimum absolute atomic E-state index is 0.109. The first kappa shape index (κ1) is 15.8. The summed E-state index contributed by atoms with van der Waals surface area (Å²) in [5, 5.41) is 0. The highest BCUT2D eigenvalue weighted by atomic mass is 79.9. The topological polar surface area (TPSA) is 12.4 Å². The lowest BCUT2D eigenvalue weighted by Gasteiger charge is -2.10. The van der Waals surface area contributed by atoms with E-state index in [1.165, 1.54) is 27.8 Å². The van der Waals surface area contributed by atoms with Gasteiger partial charge in [-0.05, 0) is 47.9 Å². The Labute approximate surface area is 158 Å². The van der Waals surface area contributed by atoms with Crippen LogP contribution in [0.15, 0.2) is 80.7 Å². The average Bonchev–Trinajstić information content (AvgIpc) is 2.88.